The molecule has 0 aliphatic heterocycles. The first-order chi connectivity index (χ1) is 10.7. The van der Waals surface area contributed by atoms with Crippen molar-refractivity contribution < 1.29 is 10.3 Å². The molecule has 0 spiro atoms. The molecule has 3 heteroatoms. The van der Waals surface area contributed by atoms with Gasteiger partial charge in [-0.15, -0.1) is 0 Å². The van der Waals surface area contributed by atoms with Gasteiger partial charge in [0.05, 0.1) is 5.71 Å². The number of oxime groups is 1. The van der Waals surface area contributed by atoms with Crippen LogP contribution in [-0.2, 0) is 6.42 Å². The van der Waals surface area contributed by atoms with Gasteiger partial charge in [0, 0.05) is 5.56 Å². The second-order valence-corrected chi connectivity index (χ2v) is 6.12. The Kier molecular flexibility index (Phi) is 9.36. The standard InChI is InChI=1S/C19H31NO2/c1-3-4-5-6-7-8-9-10-11-12-17-13-14-19(21)18(15-17)16(2)20-22/h13-15,21-22H,3-12H2,1-2H3/b20-16+. The molecule has 0 saturated carbocycles. The molecule has 0 aliphatic rings. The van der Waals surface area contributed by atoms with E-state index in [4.69, 9.17) is 5.21 Å². The summed E-state index contributed by atoms with van der Waals surface area (Å²) in [5, 5.41) is 21.8. The summed E-state index contributed by atoms with van der Waals surface area (Å²) in [7, 11) is 0. The predicted molar refractivity (Wildman–Crippen MR) is 93.0 cm³/mol. The summed E-state index contributed by atoms with van der Waals surface area (Å²) in [4.78, 5) is 0. The number of phenols is 1. The summed E-state index contributed by atoms with van der Waals surface area (Å²) < 4.78 is 0. The molecule has 22 heavy (non-hydrogen) atoms. The molecular weight excluding hydrogens is 274 g/mol. The maximum atomic E-state index is 9.77. The highest BCUT2D eigenvalue weighted by Crippen LogP contribution is 2.21. The number of phenolic OH excluding ortho intramolecular Hbond substituents is 1. The fourth-order valence-corrected chi connectivity index (χ4v) is 2.72. The fourth-order valence-electron chi connectivity index (χ4n) is 2.72. The van der Waals surface area contributed by atoms with E-state index in [1.165, 1.54) is 63.4 Å². The highest BCUT2D eigenvalue weighted by Gasteiger charge is 2.06. The van der Waals surface area contributed by atoms with Crippen LogP contribution in [0.1, 0.15) is 82.8 Å². The lowest BCUT2D eigenvalue weighted by Gasteiger charge is -2.07. The Morgan fingerprint density at radius 2 is 1.55 bits per heavy atom. The van der Waals surface area contributed by atoms with Crippen LogP contribution in [0, 0.1) is 0 Å². The third-order valence-electron chi connectivity index (χ3n) is 4.17. The van der Waals surface area contributed by atoms with E-state index in [0.717, 1.165) is 6.42 Å². The molecule has 0 bridgehead atoms. The van der Waals surface area contributed by atoms with Crippen LogP contribution in [0.25, 0.3) is 0 Å². The zero-order valence-corrected chi connectivity index (χ0v) is 14.1. The second-order valence-electron chi connectivity index (χ2n) is 6.12. The van der Waals surface area contributed by atoms with Gasteiger partial charge in [0.2, 0.25) is 0 Å². The molecule has 2 N–H and O–H groups in total. The Balaban J connectivity index is 2.23. The van der Waals surface area contributed by atoms with Crippen molar-refractivity contribution >= 4 is 5.71 Å². The molecule has 0 fully saturated rings. The molecule has 0 aromatic heterocycles. The van der Waals surface area contributed by atoms with Crippen molar-refractivity contribution in [1.29, 1.82) is 0 Å². The summed E-state index contributed by atoms with van der Waals surface area (Å²) in [5.41, 5.74) is 2.26. The maximum Gasteiger partial charge on any atom is 0.124 e. The minimum atomic E-state index is 0.172. The summed E-state index contributed by atoms with van der Waals surface area (Å²) in [5.74, 6) is 0.172. The van der Waals surface area contributed by atoms with Crippen molar-refractivity contribution in [1.82, 2.24) is 0 Å². The molecule has 0 heterocycles. The predicted octanol–water partition coefficient (Wildman–Crippen LogP) is 5.66. The molecular formula is C19H31NO2. The van der Waals surface area contributed by atoms with Gasteiger partial charge >= 0.3 is 0 Å². The first-order valence-electron chi connectivity index (χ1n) is 8.70. The minimum Gasteiger partial charge on any atom is -0.507 e. The van der Waals surface area contributed by atoms with E-state index in [1.807, 2.05) is 12.1 Å². The number of rotatable bonds is 11. The van der Waals surface area contributed by atoms with Crippen LogP contribution in [0.3, 0.4) is 0 Å². The quantitative estimate of drug-likeness (QED) is 0.240. The van der Waals surface area contributed by atoms with Crippen LogP contribution in [-0.4, -0.2) is 16.0 Å². The molecule has 0 saturated heterocycles. The molecule has 1 aromatic carbocycles. The first-order valence-corrected chi connectivity index (χ1v) is 8.70. The molecule has 0 aliphatic carbocycles. The van der Waals surface area contributed by atoms with Crippen molar-refractivity contribution in [3.63, 3.8) is 0 Å². The van der Waals surface area contributed by atoms with Crippen LogP contribution in [0.4, 0.5) is 0 Å². The van der Waals surface area contributed by atoms with E-state index in [1.54, 1.807) is 13.0 Å². The Morgan fingerprint density at radius 3 is 2.14 bits per heavy atom. The van der Waals surface area contributed by atoms with Gasteiger partial charge in [-0.05, 0) is 37.5 Å². The SMILES string of the molecule is CCCCCCCCCCCc1ccc(O)c(/C(C)=N/O)c1. The van der Waals surface area contributed by atoms with E-state index in [9.17, 15) is 5.11 Å². The summed E-state index contributed by atoms with van der Waals surface area (Å²) in [6, 6.07) is 5.57. The summed E-state index contributed by atoms with van der Waals surface area (Å²) >= 11 is 0. The average molecular weight is 305 g/mol. The van der Waals surface area contributed by atoms with E-state index < -0.39 is 0 Å². The number of unbranched alkanes of at least 4 members (excludes halogenated alkanes) is 8. The van der Waals surface area contributed by atoms with Gasteiger partial charge in [-0.25, -0.2) is 0 Å². The molecule has 0 amide bonds. The van der Waals surface area contributed by atoms with Gasteiger partial charge < -0.3 is 10.3 Å². The van der Waals surface area contributed by atoms with Crippen LogP contribution >= 0.6 is 0 Å². The highest BCUT2D eigenvalue weighted by molar-refractivity contribution is 6.00. The van der Waals surface area contributed by atoms with Gasteiger partial charge in [0.15, 0.2) is 0 Å². The van der Waals surface area contributed by atoms with Crippen LogP contribution < -0.4 is 0 Å². The Hall–Kier alpha value is -1.51. The zero-order chi connectivity index (χ0) is 16.2. The Morgan fingerprint density at radius 1 is 0.955 bits per heavy atom. The number of aromatic hydroxyl groups is 1. The Labute approximate surface area is 135 Å². The summed E-state index contributed by atoms with van der Waals surface area (Å²) in [6.07, 6.45) is 12.9. The molecule has 124 valence electrons. The van der Waals surface area contributed by atoms with Crippen molar-refractivity contribution in [2.75, 3.05) is 0 Å². The van der Waals surface area contributed by atoms with Gasteiger partial charge in [-0.3, -0.25) is 0 Å². The van der Waals surface area contributed by atoms with Crippen molar-refractivity contribution in [3.8, 4) is 5.75 Å². The maximum absolute atomic E-state index is 9.77. The molecule has 1 rings (SSSR count). The number of benzene rings is 1. The molecule has 0 atom stereocenters. The molecule has 1 aromatic rings. The van der Waals surface area contributed by atoms with Crippen LogP contribution in [0.5, 0.6) is 5.75 Å². The van der Waals surface area contributed by atoms with Gasteiger partial charge in [0.25, 0.3) is 0 Å². The van der Waals surface area contributed by atoms with Gasteiger partial charge in [-0.1, -0.05) is 69.5 Å². The third kappa shape index (κ3) is 6.97. The largest absolute Gasteiger partial charge is 0.507 e. The van der Waals surface area contributed by atoms with Gasteiger partial charge in [0.1, 0.15) is 5.75 Å². The summed E-state index contributed by atoms with van der Waals surface area (Å²) in [6.45, 7) is 3.94. The topological polar surface area (TPSA) is 52.8 Å². The van der Waals surface area contributed by atoms with Crippen molar-refractivity contribution in [2.24, 2.45) is 5.16 Å². The van der Waals surface area contributed by atoms with Crippen LogP contribution in [0.15, 0.2) is 23.4 Å². The lowest BCUT2D eigenvalue weighted by Crippen LogP contribution is -1.97. The lowest BCUT2D eigenvalue weighted by molar-refractivity contribution is 0.318. The number of aryl methyl sites for hydroxylation is 1. The Bertz CT molecular complexity index is 455. The van der Waals surface area contributed by atoms with E-state index >= 15 is 0 Å². The van der Waals surface area contributed by atoms with Gasteiger partial charge in [-0.2, -0.15) is 0 Å². The minimum absolute atomic E-state index is 0.172. The zero-order valence-electron chi connectivity index (χ0n) is 14.1. The number of nitrogens with zero attached hydrogens (tertiary/aromatic N) is 1. The molecule has 0 radical (unpaired) electrons. The monoisotopic (exact) mass is 305 g/mol. The third-order valence-corrected chi connectivity index (χ3v) is 4.17. The van der Waals surface area contributed by atoms with Crippen molar-refractivity contribution in [2.45, 2.75) is 78.1 Å². The van der Waals surface area contributed by atoms with E-state index in [0.29, 0.717) is 11.3 Å². The average Bonchev–Trinajstić information content (AvgIpc) is 2.54. The highest BCUT2D eigenvalue weighted by atomic mass is 16.4. The van der Waals surface area contributed by atoms with E-state index in [2.05, 4.69) is 12.1 Å². The lowest BCUT2D eigenvalue weighted by atomic mass is 10.0. The van der Waals surface area contributed by atoms with E-state index in [-0.39, 0.29) is 5.75 Å². The first kappa shape index (κ1) is 18.5. The normalized spacial score (nSPS) is 11.8. The molecule has 0 unspecified atom stereocenters. The van der Waals surface area contributed by atoms with Crippen molar-refractivity contribution in [3.05, 3.63) is 29.3 Å². The number of hydrogen-bond acceptors (Lipinski definition) is 3. The van der Waals surface area contributed by atoms with Crippen LogP contribution in [0.2, 0.25) is 0 Å². The number of hydrogen-bond donors (Lipinski definition) is 2. The fraction of sp³-hybridized carbons (Fsp3) is 0.632. The second kappa shape index (κ2) is 11.1. The smallest absolute Gasteiger partial charge is 0.124 e. The molecule has 3 nitrogen and oxygen atoms in total.